The predicted molar refractivity (Wildman–Crippen MR) is 136 cm³/mol. The molecule has 0 aliphatic heterocycles. The minimum atomic E-state index is -0.355. The molecule has 4 aromatic rings. The molecule has 0 atom stereocenters. The van der Waals surface area contributed by atoms with Crippen molar-refractivity contribution in [2.24, 2.45) is 0 Å². The highest BCUT2D eigenvalue weighted by Crippen LogP contribution is 2.23. The first-order valence-corrected chi connectivity index (χ1v) is 11.0. The third-order valence-corrected chi connectivity index (χ3v) is 5.58. The molecule has 7 heteroatoms. The van der Waals surface area contributed by atoms with Crippen molar-refractivity contribution in [3.8, 4) is 5.69 Å². The molecule has 0 unspecified atom stereocenters. The second-order valence-electron chi connectivity index (χ2n) is 8.10. The van der Waals surface area contributed by atoms with Crippen LogP contribution in [0.1, 0.15) is 22.5 Å². The monoisotopic (exact) mass is 453 g/mol. The molecule has 0 fully saturated rings. The van der Waals surface area contributed by atoms with Gasteiger partial charge >= 0.3 is 6.03 Å². The Morgan fingerprint density at radius 3 is 2.15 bits per heavy atom. The fourth-order valence-electron chi connectivity index (χ4n) is 3.76. The molecule has 3 amide bonds. The summed E-state index contributed by atoms with van der Waals surface area (Å²) in [5, 5.41) is 13.2. The lowest BCUT2D eigenvalue weighted by Crippen LogP contribution is -2.20. The van der Waals surface area contributed by atoms with Gasteiger partial charge in [0.2, 0.25) is 5.91 Å². The lowest BCUT2D eigenvalue weighted by Gasteiger charge is -2.12. The number of aryl methyl sites for hydroxylation is 2. The number of amides is 3. The molecule has 0 radical (unpaired) electrons. The van der Waals surface area contributed by atoms with Crippen molar-refractivity contribution in [3.63, 3.8) is 0 Å². The van der Waals surface area contributed by atoms with Crippen molar-refractivity contribution >= 4 is 29.0 Å². The van der Waals surface area contributed by atoms with Crippen molar-refractivity contribution < 1.29 is 9.59 Å². The highest BCUT2D eigenvalue weighted by atomic mass is 16.2. The predicted octanol–water partition coefficient (Wildman–Crippen LogP) is 5.62. The standard InChI is InChI=1S/C27H27N5O2/c1-18-14-15-22(29-27(34)28-21-10-6-4-7-11-21)16-25(18)30-26(33)17-24-19(2)31-32(20(24)3)23-12-8-5-9-13-23/h4-16H,17H2,1-3H3,(H,30,33)(H2,28,29,34). The summed E-state index contributed by atoms with van der Waals surface area (Å²) in [7, 11) is 0. The number of benzene rings is 3. The Morgan fingerprint density at radius 2 is 1.44 bits per heavy atom. The van der Waals surface area contributed by atoms with E-state index in [0.29, 0.717) is 17.1 Å². The van der Waals surface area contributed by atoms with Gasteiger partial charge in [-0.1, -0.05) is 42.5 Å². The fraction of sp³-hybridized carbons (Fsp3) is 0.148. The Kier molecular flexibility index (Phi) is 6.73. The average Bonchev–Trinajstić information content (AvgIpc) is 3.10. The van der Waals surface area contributed by atoms with Crippen molar-refractivity contribution in [3.05, 3.63) is 101 Å². The number of para-hydroxylation sites is 2. The SMILES string of the molecule is Cc1ccc(NC(=O)Nc2ccccc2)cc1NC(=O)Cc1c(C)nn(-c2ccccc2)c1C. The van der Waals surface area contributed by atoms with E-state index in [1.54, 1.807) is 12.1 Å². The second-order valence-corrected chi connectivity index (χ2v) is 8.10. The van der Waals surface area contributed by atoms with Crippen molar-refractivity contribution in [1.82, 2.24) is 9.78 Å². The van der Waals surface area contributed by atoms with Crippen molar-refractivity contribution in [2.75, 3.05) is 16.0 Å². The van der Waals surface area contributed by atoms with Gasteiger partial charge in [0.15, 0.2) is 0 Å². The van der Waals surface area contributed by atoms with Crippen molar-refractivity contribution in [1.29, 1.82) is 0 Å². The first kappa shape index (κ1) is 22.8. The lowest BCUT2D eigenvalue weighted by molar-refractivity contribution is -0.115. The van der Waals surface area contributed by atoms with Crippen molar-refractivity contribution in [2.45, 2.75) is 27.2 Å². The van der Waals surface area contributed by atoms with Gasteiger partial charge in [-0.15, -0.1) is 0 Å². The minimum Gasteiger partial charge on any atom is -0.325 e. The topological polar surface area (TPSA) is 88.1 Å². The summed E-state index contributed by atoms with van der Waals surface area (Å²) in [6.45, 7) is 5.79. The Morgan fingerprint density at radius 1 is 0.794 bits per heavy atom. The third kappa shape index (κ3) is 5.32. The molecule has 3 N–H and O–H groups in total. The maximum absolute atomic E-state index is 12.9. The third-order valence-electron chi connectivity index (χ3n) is 5.58. The Balaban J connectivity index is 1.44. The normalized spacial score (nSPS) is 10.6. The molecule has 0 aliphatic carbocycles. The first-order chi connectivity index (χ1) is 16.4. The zero-order chi connectivity index (χ0) is 24.1. The zero-order valence-corrected chi connectivity index (χ0v) is 19.4. The van der Waals surface area contributed by atoms with Crippen LogP contribution in [0.5, 0.6) is 0 Å². The van der Waals surface area contributed by atoms with Gasteiger partial charge in [0, 0.05) is 28.3 Å². The van der Waals surface area contributed by atoms with Gasteiger partial charge in [-0.3, -0.25) is 4.79 Å². The fourth-order valence-corrected chi connectivity index (χ4v) is 3.76. The summed E-state index contributed by atoms with van der Waals surface area (Å²) < 4.78 is 1.86. The van der Waals surface area contributed by atoms with Gasteiger partial charge in [0.05, 0.1) is 17.8 Å². The van der Waals surface area contributed by atoms with Crippen LogP contribution >= 0.6 is 0 Å². The van der Waals surface area contributed by atoms with Crippen LogP contribution in [0.25, 0.3) is 5.69 Å². The maximum atomic E-state index is 12.9. The number of urea groups is 1. The number of rotatable bonds is 6. The molecule has 7 nitrogen and oxygen atoms in total. The van der Waals surface area contributed by atoms with Crippen LogP contribution in [0.2, 0.25) is 0 Å². The first-order valence-electron chi connectivity index (χ1n) is 11.0. The van der Waals surface area contributed by atoms with Gasteiger partial charge in [-0.05, 0) is 62.7 Å². The smallest absolute Gasteiger partial charge is 0.323 e. The molecule has 34 heavy (non-hydrogen) atoms. The van der Waals surface area contributed by atoms with Crippen LogP contribution < -0.4 is 16.0 Å². The molecule has 0 spiro atoms. The summed E-state index contributed by atoms with van der Waals surface area (Å²) in [4.78, 5) is 25.2. The summed E-state index contributed by atoms with van der Waals surface area (Å²) >= 11 is 0. The number of carbonyl (C=O) groups is 2. The van der Waals surface area contributed by atoms with E-state index in [1.807, 2.05) is 92.2 Å². The van der Waals surface area contributed by atoms with Crippen LogP contribution in [0.3, 0.4) is 0 Å². The van der Waals surface area contributed by atoms with Crippen LogP contribution in [0.4, 0.5) is 21.9 Å². The number of carbonyl (C=O) groups excluding carboxylic acids is 2. The van der Waals surface area contributed by atoms with E-state index in [2.05, 4.69) is 21.0 Å². The lowest BCUT2D eigenvalue weighted by atomic mass is 10.1. The van der Waals surface area contributed by atoms with E-state index in [4.69, 9.17) is 0 Å². The van der Waals surface area contributed by atoms with Crippen LogP contribution in [-0.4, -0.2) is 21.7 Å². The van der Waals surface area contributed by atoms with Crippen LogP contribution in [-0.2, 0) is 11.2 Å². The number of hydrogen-bond donors (Lipinski definition) is 3. The van der Waals surface area contributed by atoms with E-state index in [0.717, 1.165) is 28.2 Å². The maximum Gasteiger partial charge on any atom is 0.323 e. The number of nitrogens with one attached hydrogen (secondary N) is 3. The Hall–Kier alpha value is -4.39. The van der Waals surface area contributed by atoms with Crippen LogP contribution in [0.15, 0.2) is 78.9 Å². The molecule has 1 heterocycles. The largest absolute Gasteiger partial charge is 0.325 e. The Labute approximate surface area is 198 Å². The molecule has 0 aliphatic rings. The van der Waals surface area contributed by atoms with Gasteiger partial charge in [0.25, 0.3) is 0 Å². The zero-order valence-electron chi connectivity index (χ0n) is 19.4. The number of aromatic nitrogens is 2. The van der Waals surface area contributed by atoms with Gasteiger partial charge in [-0.25, -0.2) is 9.48 Å². The molecule has 0 bridgehead atoms. The molecule has 172 valence electrons. The van der Waals surface area contributed by atoms with Gasteiger partial charge < -0.3 is 16.0 Å². The molecular formula is C27H27N5O2. The number of nitrogens with zero attached hydrogens (tertiary/aromatic N) is 2. The minimum absolute atomic E-state index is 0.146. The summed E-state index contributed by atoms with van der Waals surface area (Å²) in [5.41, 5.74) is 6.43. The molecule has 4 rings (SSSR count). The Bertz CT molecular complexity index is 1310. The summed E-state index contributed by atoms with van der Waals surface area (Å²) in [6, 6.07) is 24.1. The van der Waals surface area contributed by atoms with E-state index < -0.39 is 0 Å². The average molecular weight is 454 g/mol. The quantitative estimate of drug-likeness (QED) is 0.354. The van der Waals surface area contributed by atoms with Crippen LogP contribution in [0, 0.1) is 20.8 Å². The van der Waals surface area contributed by atoms with Gasteiger partial charge in [-0.2, -0.15) is 5.10 Å². The van der Waals surface area contributed by atoms with E-state index in [1.165, 1.54) is 0 Å². The molecular weight excluding hydrogens is 426 g/mol. The van der Waals surface area contributed by atoms with E-state index >= 15 is 0 Å². The van der Waals surface area contributed by atoms with E-state index in [9.17, 15) is 9.59 Å². The van der Waals surface area contributed by atoms with E-state index in [-0.39, 0.29) is 18.4 Å². The second kappa shape index (κ2) is 10.0. The number of anilines is 3. The molecule has 3 aromatic carbocycles. The molecule has 0 saturated heterocycles. The summed E-state index contributed by atoms with van der Waals surface area (Å²) in [5.74, 6) is -0.146. The molecule has 0 saturated carbocycles. The molecule has 1 aromatic heterocycles. The van der Waals surface area contributed by atoms with Gasteiger partial charge in [0.1, 0.15) is 0 Å². The number of hydrogen-bond acceptors (Lipinski definition) is 3. The highest BCUT2D eigenvalue weighted by molar-refractivity contribution is 6.00. The summed E-state index contributed by atoms with van der Waals surface area (Å²) in [6.07, 6.45) is 0.204. The highest BCUT2D eigenvalue weighted by Gasteiger charge is 2.17.